The third kappa shape index (κ3) is 6.19. The van der Waals surface area contributed by atoms with E-state index in [1.807, 2.05) is 0 Å². The highest BCUT2D eigenvalue weighted by molar-refractivity contribution is 7.92. The maximum Gasteiger partial charge on any atom is 0.435 e. The number of nitrogens with two attached hydrogens (primary N) is 1. The molecule has 274 valence electrons. The minimum absolute atomic E-state index is 0.00979. The van der Waals surface area contributed by atoms with E-state index >= 15 is 8.78 Å². The van der Waals surface area contributed by atoms with Gasteiger partial charge in [0.1, 0.15) is 23.9 Å². The van der Waals surface area contributed by atoms with Gasteiger partial charge in [-0.3, -0.25) is 23.9 Å². The van der Waals surface area contributed by atoms with Crippen molar-refractivity contribution in [3.05, 3.63) is 88.5 Å². The Bertz CT molecular complexity index is 2350. The smallest absolute Gasteiger partial charge is 0.397 e. The van der Waals surface area contributed by atoms with Crippen LogP contribution in [0, 0.1) is 17.6 Å². The van der Waals surface area contributed by atoms with Crippen LogP contribution in [0.3, 0.4) is 0 Å². The Balaban J connectivity index is 1.32. The van der Waals surface area contributed by atoms with Gasteiger partial charge in [0.2, 0.25) is 15.9 Å². The molecule has 0 bridgehead atoms. The van der Waals surface area contributed by atoms with Crippen molar-refractivity contribution in [3.8, 4) is 11.1 Å². The number of nitrogen functional groups attached to an aromatic ring is 1. The number of anilines is 2. The number of nitrogens with zero attached hydrogens (tertiary/aromatic N) is 5. The van der Waals surface area contributed by atoms with E-state index in [0.717, 1.165) is 18.4 Å². The van der Waals surface area contributed by atoms with Crippen LogP contribution in [-0.2, 0) is 46.9 Å². The Kier molecular flexibility index (Phi) is 8.26. The first-order valence-electron chi connectivity index (χ1n) is 15.8. The summed E-state index contributed by atoms with van der Waals surface area (Å²) in [6, 6.07) is 7.71. The second-order valence-electron chi connectivity index (χ2n) is 13.0. The number of rotatable bonds is 9. The number of hydrogen-bond donors (Lipinski definition) is 3. The molecule has 2 aromatic carbocycles. The van der Waals surface area contributed by atoms with E-state index in [1.165, 1.54) is 16.9 Å². The van der Waals surface area contributed by atoms with Gasteiger partial charge in [0, 0.05) is 41.1 Å². The van der Waals surface area contributed by atoms with Crippen LogP contribution in [0.4, 0.5) is 42.2 Å². The topological polar surface area (TPSA) is 150 Å². The predicted octanol–water partition coefficient (Wildman–Crippen LogP) is 5.78. The Morgan fingerprint density at radius 2 is 1.79 bits per heavy atom. The third-order valence-electron chi connectivity index (χ3n) is 9.38. The molecule has 1 amide bonds. The average Bonchev–Trinajstić information content (AvgIpc) is 3.56. The first-order chi connectivity index (χ1) is 24.3. The number of benzene rings is 2. The van der Waals surface area contributed by atoms with E-state index in [0.29, 0.717) is 27.2 Å². The molecule has 0 radical (unpaired) electrons. The van der Waals surface area contributed by atoms with Gasteiger partial charge in [0.05, 0.1) is 35.4 Å². The standard InChI is InChI=1S/C33H29F7N8O3S/c1-47-28-19(4-3-5-21(28)31(45-47)46-52(2,50)51)22-12-18(41)13-42-27(22)24(10-15-8-16(34)11-17(35)9-15)43-25(49)14-48-30-26(29(44-48)33(38,39)40)20-6-7-23(20)32(30,36)37/h3-5,8-9,11-13,20,23-24H,6-7,10,14,41H2,1-2H3,(H,43,49)(H,45,46). The molecule has 19 heteroatoms. The van der Waals surface area contributed by atoms with Crippen molar-refractivity contribution >= 4 is 38.3 Å². The minimum Gasteiger partial charge on any atom is -0.397 e. The van der Waals surface area contributed by atoms with Crippen LogP contribution in [0.25, 0.3) is 22.0 Å². The van der Waals surface area contributed by atoms with Gasteiger partial charge in [0.15, 0.2) is 11.5 Å². The van der Waals surface area contributed by atoms with Crippen LogP contribution in [0.1, 0.15) is 53.0 Å². The largest absolute Gasteiger partial charge is 0.435 e. The summed E-state index contributed by atoms with van der Waals surface area (Å²) in [6.45, 7) is -1.04. The van der Waals surface area contributed by atoms with Crippen molar-refractivity contribution in [1.29, 1.82) is 0 Å². The number of carbonyl (C=O) groups excluding carboxylic acids is 1. The Morgan fingerprint density at radius 1 is 1.08 bits per heavy atom. The van der Waals surface area contributed by atoms with Crippen LogP contribution < -0.4 is 15.8 Å². The summed E-state index contributed by atoms with van der Waals surface area (Å²) >= 11 is 0. The van der Waals surface area contributed by atoms with E-state index in [4.69, 9.17) is 5.73 Å². The molecule has 3 unspecified atom stereocenters. The maximum atomic E-state index is 15.5. The number of carbonyl (C=O) groups is 1. The summed E-state index contributed by atoms with van der Waals surface area (Å²) in [7, 11) is -2.20. The lowest BCUT2D eigenvalue weighted by molar-refractivity contribution is -0.144. The Labute approximate surface area is 291 Å². The number of alkyl halides is 5. The minimum atomic E-state index is -5.05. The molecule has 52 heavy (non-hydrogen) atoms. The van der Waals surface area contributed by atoms with Crippen molar-refractivity contribution in [2.24, 2.45) is 13.0 Å². The summed E-state index contributed by atoms with van der Waals surface area (Å²) < 4.78 is 130. The number of pyridine rings is 1. The van der Waals surface area contributed by atoms with E-state index in [1.54, 1.807) is 25.2 Å². The Morgan fingerprint density at radius 3 is 2.42 bits per heavy atom. The number of fused-ring (bicyclic) bond motifs is 4. The number of hydrogen-bond acceptors (Lipinski definition) is 7. The highest BCUT2D eigenvalue weighted by atomic mass is 32.2. The molecule has 3 atom stereocenters. The summed E-state index contributed by atoms with van der Waals surface area (Å²) in [5, 5.41) is 10.7. The molecule has 11 nitrogen and oxygen atoms in total. The van der Waals surface area contributed by atoms with Gasteiger partial charge in [-0.05, 0) is 55.0 Å². The number of nitrogens with one attached hydrogen (secondary N) is 2. The van der Waals surface area contributed by atoms with E-state index in [9.17, 15) is 35.2 Å². The van der Waals surface area contributed by atoms with Gasteiger partial charge >= 0.3 is 6.18 Å². The monoisotopic (exact) mass is 750 g/mol. The van der Waals surface area contributed by atoms with Crippen LogP contribution in [0.15, 0.2) is 48.7 Å². The van der Waals surface area contributed by atoms with Gasteiger partial charge in [-0.1, -0.05) is 12.1 Å². The second kappa shape index (κ2) is 12.2. The van der Waals surface area contributed by atoms with E-state index < -0.39 is 81.0 Å². The average molecular weight is 751 g/mol. The van der Waals surface area contributed by atoms with Gasteiger partial charge in [0.25, 0.3) is 5.92 Å². The lowest BCUT2D eigenvalue weighted by atomic mass is 9.73. The molecule has 7 rings (SSSR count). The summed E-state index contributed by atoms with van der Waals surface area (Å²) in [5.41, 5.74) is 4.43. The molecule has 3 aromatic heterocycles. The van der Waals surface area contributed by atoms with Crippen molar-refractivity contribution < 1.29 is 43.9 Å². The number of amides is 1. The maximum absolute atomic E-state index is 15.5. The molecule has 4 N–H and O–H groups in total. The van der Waals surface area contributed by atoms with E-state index in [-0.39, 0.29) is 47.6 Å². The lowest BCUT2D eigenvalue weighted by Gasteiger charge is -2.34. The van der Waals surface area contributed by atoms with Crippen LogP contribution in [0.2, 0.25) is 0 Å². The van der Waals surface area contributed by atoms with Crippen LogP contribution in [0.5, 0.6) is 0 Å². The summed E-state index contributed by atoms with van der Waals surface area (Å²) in [6.07, 6.45) is -3.03. The molecule has 2 aliphatic rings. The summed E-state index contributed by atoms with van der Waals surface area (Å²) in [4.78, 5) is 18.2. The predicted molar refractivity (Wildman–Crippen MR) is 174 cm³/mol. The van der Waals surface area contributed by atoms with E-state index in [2.05, 4.69) is 25.2 Å². The number of aromatic nitrogens is 5. The molecular weight excluding hydrogens is 721 g/mol. The van der Waals surface area contributed by atoms with Crippen molar-refractivity contribution in [2.75, 3.05) is 16.7 Å². The molecular formula is C33H29F7N8O3S. The highest BCUT2D eigenvalue weighted by Gasteiger charge is 2.63. The number of para-hydroxylation sites is 1. The molecule has 1 fully saturated rings. The van der Waals surface area contributed by atoms with Crippen molar-refractivity contribution in [1.82, 2.24) is 29.9 Å². The molecule has 0 aliphatic heterocycles. The SMILES string of the molecule is Cn1nc(NS(C)(=O)=O)c2cccc(-c3cc(N)cnc3C(Cc3cc(F)cc(F)c3)NC(=O)Cn3nc(C(F)(F)F)c4c3C(F)(F)C3CCC43)c21. The van der Waals surface area contributed by atoms with Crippen molar-refractivity contribution in [3.63, 3.8) is 0 Å². The lowest BCUT2D eigenvalue weighted by Crippen LogP contribution is -2.36. The van der Waals surface area contributed by atoms with Crippen molar-refractivity contribution in [2.45, 2.75) is 49.9 Å². The zero-order valence-corrected chi connectivity index (χ0v) is 28.1. The molecule has 0 spiro atoms. The number of sulfonamides is 1. The highest BCUT2D eigenvalue weighted by Crippen LogP contribution is 2.64. The zero-order chi connectivity index (χ0) is 37.5. The fourth-order valence-electron chi connectivity index (χ4n) is 7.30. The third-order valence-corrected chi connectivity index (χ3v) is 9.95. The van der Waals surface area contributed by atoms with Gasteiger partial charge in [-0.25, -0.2) is 17.2 Å². The molecule has 0 saturated heterocycles. The molecule has 3 heterocycles. The number of aryl methyl sites for hydroxylation is 1. The van der Waals surface area contributed by atoms with Gasteiger partial charge in [-0.15, -0.1) is 0 Å². The first kappa shape index (κ1) is 35.2. The Hall–Kier alpha value is -5.20. The normalized spacial score (nSPS) is 18.5. The van der Waals surface area contributed by atoms with Crippen LogP contribution >= 0.6 is 0 Å². The first-order valence-corrected chi connectivity index (χ1v) is 17.7. The fourth-order valence-corrected chi connectivity index (χ4v) is 7.81. The van der Waals surface area contributed by atoms with Crippen LogP contribution in [-0.4, -0.2) is 45.1 Å². The fraction of sp³-hybridized carbons (Fsp3) is 0.333. The zero-order valence-electron chi connectivity index (χ0n) is 27.3. The number of halogens is 7. The molecule has 2 aliphatic carbocycles. The molecule has 1 saturated carbocycles. The van der Waals surface area contributed by atoms with Gasteiger partial charge in [-0.2, -0.15) is 32.1 Å². The quantitative estimate of drug-likeness (QED) is 0.162. The molecule has 5 aromatic rings. The summed E-state index contributed by atoms with van der Waals surface area (Å²) in [5.74, 6) is -8.94. The van der Waals surface area contributed by atoms with Gasteiger partial charge < -0.3 is 11.1 Å². The second-order valence-corrected chi connectivity index (χ2v) is 14.8.